The summed E-state index contributed by atoms with van der Waals surface area (Å²) in [4.78, 5) is 16.2. The van der Waals surface area contributed by atoms with Crippen LogP contribution in [0, 0.1) is 0 Å². The third-order valence-electron chi connectivity index (χ3n) is 9.16. The maximum atomic E-state index is 5.51. The van der Waals surface area contributed by atoms with Gasteiger partial charge < -0.3 is 0 Å². The van der Waals surface area contributed by atoms with Gasteiger partial charge in [-0.05, 0) is 54.6 Å². The molecule has 0 radical (unpaired) electrons. The fourth-order valence-corrected chi connectivity index (χ4v) is 7.12. The van der Waals surface area contributed by atoms with Gasteiger partial charge in [-0.3, -0.25) is 4.40 Å². The Morgan fingerprint density at radius 1 is 0.479 bits per heavy atom. The quantitative estimate of drug-likeness (QED) is 0.147. The minimum Gasteiger partial charge on any atom is -0.292 e. The van der Waals surface area contributed by atoms with E-state index < -0.39 is 0 Å². The van der Waals surface area contributed by atoms with Crippen LogP contribution in [0.5, 0.6) is 0 Å². The van der Waals surface area contributed by atoms with Crippen LogP contribution in [-0.2, 0) is 0 Å². The van der Waals surface area contributed by atoms with E-state index in [4.69, 9.17) is 15.0 Å². The van der Waals surface area contributed by atoms with E-state index in [0.29, 0.717) is 5.95 Å². The number of rotatable bonds is 4. The number of imidazole rings is 2. The molecule has 4 heterocycles. The highest BCUT2D eigenvalue weighted by Gasteiger charge is 2.32. The van der Waals surface area contributed by atoms with Crippen molar-refractivity contribution in [1.29, 1.82) is 0 Å². The van der Waals surface area contributed by atoms with Crippen molar-refractivity contribution in [2.24, 2.45) is 0 Å². The molecule has 0 unspecified atom stereocenters. The Bertz CT molecular complexity index is 2820. The maximum absolute atomic E-state index is 5.51. The van der Waals surface area contributed by atoms with Crippen LogP contribution in [0.1, 0.15) is 0 Å². The third-order valence-corrected chi connectivity index (χ3v) is 9.16. The van der Waals surface area contributed by atoms with Crippen molar-refractivity contribution in [1.82, 2.24) is 23.9 Å². The molecule has 4 aromatic heterocycles. The summed E-state index contributed by atoms with van der Waals surface area (Å²) in [6.45, 7) is 0. The van der Waals surface area contributed by atoms with E-state index in [9.17, 15) is 0 Å². The van der Waals surface area contributed by atoms with Crippen molar-refractivity contribution in [2.45, 2.75) is 0 Å². The maximum Gasteiger partial charge on any atom is 0.327 e. The average molecular weight is 616 g/mol. The first-order valence-corrected chi connectivity index (χ1v) is 16.1. The lowest BCUT2D eigenvalue weighted by molar-refractivity contribution is -0.555. The molecule has 0 aliphatic carbocycles. The summed E-state index contributed by atoms with van der Waals surface area (Å²) in [6.07, 6.45) is 0. The predicted molar refractivity (Wildman–Crippen MR) is 193 cm³/mol. The number of pyridine rings is 1. The second-order valence-electron chi connectivity index (χ2n) is 11.9. The lowest BCUT2D eigenvalue weighted by atomic mass is 10.0. The molecule has 0 fully saturated rings. The van der Waals surface area contributed by atoms with Crippen LogP contribution in [0.3, 0.4) is 0 Å². The third kappa shape index (κ3) is 3.86. The molecule has 0 aliphatic heterocycles. The van der Waals surface area contributed by atoms with Crippen LogP contribution in [0.15, 0.2) is 164 Å². The van der Waals surface area contributed by atoms with E-state index in [2.05, 4.69) is 165 Å². The zero-order valence-electron chi connectivity index (χ0n) is 25.8. The number of nitrogens with zero attached hydrogens (tertiary/aromatic N) is 6. The Balaban J connectivity index is 1.43. The molecule has 0 saturated heterocycles. The molecule has 224 valence electrons. The summed E-state index contributed by atoms with van der Waals surface area (Å²) < 4.78 is 6.78. The van der Waals surface area contributed by atoms with Crippen molar-refractivity contribution in [3.05, 3.63) is 164 Å². The monoisotopic (exact) mass is 615 g/mol. The lowest BCUT2D eigenvalue weighted by Crippen LogP contribution is -2.32. The summed E-state index contributed by atoms with van der Waals surface area (Å²) in [6, 6.07) is 56.7. The Kier molecular flexibility index (Phi) is 5.77. The zero-order chi connectivity index (χ0) is 31.6. The van der Waals surface area contributed by atoms with Gasteiger partial charge in [-0.25, -0.2) is 4.98 Å². The lowest BCUT2D eigenvalue weighted by Gasteiger charge is -2.13. The molecular weight excluding hydrogens is 589 g/mol. The van der Waals surface area contributed by atoms with Gasteiger partial charge in [-0.2, -0.15) is 19.1 Å². The number of hydrogen-bond donors (Lipinski definition) is 0. The number of aromatic nitrogens is 6. The molecule has 0 N–H and O–H groups in total. The van der Waals surface area contributed by atoms with Gasteiger partial charge in [0.1, 0.15) is 11.3 Å². The molecule has 10 aromatic rings. The minimum absolute atomic E-state index is 0.594. The molecular formula is C42H27N6+. The van der Waals surface area contributed by atoms with Crippen molar-refractivity contribution < 1.29 is 4.57 Å². The smallest absolute Gasteiger partial charge is 0.292 e. The molecule has 0 saturated carbocycles. The van der Waals surface area contributed by atoms with E-state index in [-0.39, 0.29) is 0 Å². The molecule has 0 atom stereocenters. The van der Waals surface area contributed by atoms with Crippen molar-refractivity contribution in [2.75, 3.05) is 0 Å². The number of fused-ring (bicyclic) bond motifs is 9. The van der Waals surface area contributed by atoms with E-state index in [1.807, 2.05) is 12.1 Å². The van der Waals surface area contributed by atoms with Crippen LogP contribution in [0.25, 0.3) is 83.8 Å². The Morgan fingerprint density at radius 3 is 1.85 bits per heavy atom. The van der Waals surface area contributed by atoms with Crippen LogP contribution < -0.4 is 4.57 Å². The topological polar surface area (TPSA) is 51.9 Å². The highest BCUT2D eigenvalue weighted by Crippen LogP contribution is 2.38. The van der Waals surface area contributed by atoms with Gasteiger partial charge in [0.15, 0.2) is 11.0 Å². The highest BCUT2D eigenvalue weighted by atomic mass is 15.3. The molecule has 48 heavy (non-hydrogen) atoms. The van der Waals surface area contributed by atoms with E-state index in [0.717, 1.165) is 77.9 Å². The highest BCUT2D eigenvalue weighted by molar-refractivity contribution is 6.16. The van der Waals surface area contributed by atoms with Crippen molar-refractivity contribution in [3.8, 4) is 34.3 Å². The summed E-state index contributed by atoms with van der Waals surface area (Å²) in [7, 11) is 0. The fourth-order valence-electron chi connectivity index (χ4n) is 7.12. The van der Waals surface area contributed by atoms with Crippen molar-refractivity contribution >= 4 is 49.5 Å². The van der Waals surface area contributed by atoms with Gasteiger partial charge in [0.05, 0.1) is 38.7 Å². The van der Waals surface area contributed by atoms with Gasteiger partial charge in [0, 0.05) is 10.9 Å². The van der Waals surface area contributed by atoms with Crippen LogP contribution in [0.4, 0.5) is 0 Å². The van der Waals surface area contributed by atoms with E-state index in [1.165, 1.54) is 0 Å². The molecule has 0 aliphatic rings. The number of benzene rings is 6. The number of hydrogen-bond acceptors (Lipinski definition) is 3. The molecule has 10 rings (SSSR count). The molecule has 6 aromatic carbocycles. The Hall–Kier alpha value is -6.66. The SMILES string of the molecule is c1ccc(-c2nc(-n3c(-c4ccccc4)[n+](-c4ccccc4)c4ccccc43)nc3c4ccccc4n4c5ccccc5nc4c23)cc1. The molecule has 6 heteroatoms. The first-order chi connectivity index (χ1) is 23.8. The van der Waals surface area contributed by atoms with Gasteiger partial charge in [-0.1, -0.05) is 109 Å². The van der Waals surface area contributed by atoms with E-state index >= 15 is 0 Å². The normalized spacial score (nSPS) is 11.8. The van der Waals surface area contributed by atoms with Gasteiger partial charge in [-0.15, -0.1) is 0 Å². The largest absolute Gasteiger partial charge is 0.327 e. The van der Waals surface area contributed by atoms with E-state index in [1.54, 1.807) is 0 Å². The average Bonchev–Trinajstić information content (AvgIpc) is 3.72. The summed E-state index contributed by atoms with van der Waals surface area (Å²) in [5, 5.41) is 1.96. The minimum atomic E-state index is 0.594. The summed E-state index contributed by atoms with van der Waals surface area (Å²) >= 11 is 0. The van der Waals surface area contributed by atoms with Crippen LogP contribution in [-0.4, -0.2) is 23.9 Å². The Labute approximate surface area is 275 Å². The molecule has 0 amide bonds. The second-order valence-corrected chi connectivity index (χ2v) is 11.9. The second kappa shape index (κ2) is 10.4. The number of para-hydroxylation sites is 6. The van der Waals surface area contributed by atoms with Gasteiger partial charge in [0.2, 0.25) is 0 Å². The van der Waals surface area contributed by atoms with Gasteiger partial charge >= 0.3 is 11.8 Å². The first-order valence-electron chi connectivity index (χ1n) is 16.1. The van der Waals surface area contributed by atoms with Gasteiger partial charge in [0.25, 0.3) is 0 Å². The predicted octanol–water partition coefficient (Wildman–Crippen LogP) is 9.14. The van der Waals surface area contributed by atoms with Crippen LogP contribution in [0.2, 0.25) is 0 Å². The summed E-state index contributed by atoms with van der Waals surface area (Å²) in [5.74, 6) is 1.56. The molecule has 0 spiro atoms. The Morgan fingerprint density at radius 2 is 1.08 bits per heavy atom. The van der Waals surface area contributed by atoms with Crippen molar-refractivity contribution in [3.63, 3.8) is 0 Å². The molecule has 6 nitrogen and oxygen atoms in total. The van der Waals surface area contributed by atoms with Crippen LogP contribution >= 0.6 is 0 Å². The molecule has 0 bridgehead atoms. The summed E-state index contributed by atoms with van der Waals surface area (Å²) in [5.41, 5.74) is 10.8. The standard InChI is InChI=1S/C42H27N6/c1-4-16-28(17-5-1)38-37-39(31-22-10-12-24-33(31)47-34-25-13-11-23-32(34)43-40(37)47)45-42(44-38)48-36-27-15-14-26-35(36)46(30-20-8-3-9-21-30)41(48)29-18-6-2-7-19-29/h1-27H/q+1. The fraction of sp³-hybridized carbons (Fsp3) is 0. The first kappa shape index (κ1) is 26.5. The zero-order valence-corrected chi connectivity index (χ0v) is 25.8.